The van der Waals surface area contributed by atoms with E-state index in [-0.39, 0.29) is 0 Å². The fraction of sp³-hybridized carbons (Fsp3) is 0.647. The minimum atomic E-state index is -0.481. The lowest BCUT2D eigenvalue weighted by molar-refractivity contribution is -0.00881. The van der Waals surface area contributed by atoms with Gasteiger partial charge in [-0.05, 0) is 55.6 Å². The maximum Gasteiger partial charge on any atom is 0.0771 e. The topological polar surface area (TPSA) is 32.3 Å². The molecule has 0 amide bonds. The third kappa shape index (κ3) is 4.51. The molecule has 2 nitrogen and oxygen atoms in total. The second-order valence-corrected chi connectivity index (χ2v) is 6.91. The summed E-state index contributed by atoms with van der Waals surface area (Å²) in [6.45, 7) is 3.81. The highest BCUT2D eigenvalue weighted by atomic mass is 32.2. The Morgan fingerprint density at radius 2 is 1.90 bits per heavy atom. The van der Waals surface area contributed by atoms with E-state index in [0.717, 1.165) is 25.3 Å². The fourth-order valence-electron chi connectivity index (χ4n) is 2.98. The van der Waals surface area contributed by atoms with Crippen LogP contribution in [0.1, 0.15) is 44.6 Å². The van der Waals surface area contributed by atoms with E-state index in [0.29, 0.717) is 6.54 Å². The van der Waals surface area contributed by atoms with E-state index in [4.69, 9.17) is 0 Å². The third-order valence-electron chi connectivity index (χ3n) is 4.56. The van der Waals surface area contributed by atoms with Crippen LogP contribution >= 0.6 is 11.8 Å². The number of hydrogen-bond donors (Lipinski definition) is 2. The number of aliphatic hydroxyl groups is 1. The van der Waals surface area contributed by atoms with Crippen molar-refractivity contribution in [1.29, 1.82) is 0 Å². The molecule has 20 heavy (non-hydrogen) atoms. The Hall–Kier alpha value is -0.510. The Bertz CT molecular complexity index is 396. The van der Waals surface area contributed by atoms with E-state index in [2.05, 4.69) is 42.8 Å². The first-order chi connectivity index (χ1) is 9.65. The average molecular weight is 293 g/mol. The summed E-state index contributed by atoms with van der Waals surface area (Å²) in [7, 11) is 0. The highest BCUT2D eigenvalue weighted by Crippen LogP contribution is 2.33. The lowest BCUT2D eigenvalue weighted by Crippen LogP contribution is -2.43. The van der Waals surface area contributed by atoms with Gasteiger partial charge in [-0.1, -0.05) is 25.5 Å². The van der Waals surface area contributed by atoms with Crippen molar-refractivity contribution < 1.29 is 5.11 Å². The lowest BCUT2D eigenvalue weighted by atomic mass is 9.78. The van der Waals surface area contributed by atoms with Crippen LogP contribution in [0.25, 0.3) is 0 Å². The lowest BCUT2D eigenvalue weighted by Gasteiger charge is -2.36. The van der Waals surface area contributed by atoms with E-state index in [1.165, 1.54) is 29.7 Å². The van der Waals surface area contributed by atoms with Crippen molar-refractivity contribution in [1.82, 2.24) is 5.32 Å². The molecule has 1 aliphatic rings. The molecular weight excluding hydrogens is 266 g/mol. The van der Waals surface area contributed by atoms with Crippen molar-refractivity contribution in [3.05, 3.63) is 29.8 Å². The van der Waals surface area contributed by atoms with Gasteiger partial charge in [0.1, 0.15) is 0 Å². The number of hydrogen-bond acceptors (Lipinski definition) is 3. The van der Waals surface area contributed by atoms with Crippen LogP contribution in [0.15, 0.2) is 29.2 Å². The van der Waals surface area contributed by atoms with Gasteiger partial charge in [-0.15, -0.1) is 11.8 Å². The molecule has 1 fully saturated rings. The summed E-state index contributed by atoms with van der Waals surface area (Å²) < 4.78 is 0. The van der Waals surface area contributed by atoms with Gasteiger partial charge < -0.3 is 10.4 Å². The Morgan fingerprint density at radius 3 is 2.45 bits per heavy atom. The summed E-state index contributed by atoms with van der Waals surface area (Å²) in [4.78, 5) is 1.30. The molecule has 1 saturated carbocycles. The maximum atomic E-state index is 10.6. The van der Waals surface area contributed by atoms with Crippen LogP contribution in [0.5, 0.6) is 0 Å². The Morgan fingerprint density at radius 1 is 1.25 bits per heavy atom. The highest BCUT2D eigenvalue weighted by molar-refractivity contribution is 7.98. The molecule has 1 aromatic rings. The van der Waals surface area contributed by atoms with Crippen molar-refractivity contribution in [2.75, 3.05) is 12.8 Å². The van der Waals surface area contributed by atoms with Gasteiger partial charge in [0.15, 0.2) is 0 Å². The minimum Gasteiger partial charge on any atom is -0.389 e. The summed E-state index contributed by atoms with van der Waals surface area (Å²) in [5.41, 5.74) is 0.805. The molecule has 112 valence electrons. The second-order valence-electron chi connectivity index (χ2n) is 6.03. The zero-order valence-corrected chi connectivity index (χ0v) is 13.5. The molecule has 1 aromatic carbocycles. The van der Waals surface area contributed by atoms with Crippen molar-refractivity contribution in [3.8, 4) is 0 Å². The van der Waals surface area contributed by atoms with E-state index < -0.39 is 5.60 Å². The molecule has 1 aliphatic carbocycles. The molecule has 0 radical (unpaired) electrons. The molecule has 0 aromatic heterocycles. The molecule has 0 spiro atoms. The van der Waals surface area contributed by atoms with Crippen LogP contribution in [0.2, 0.25) is 0 Å². The van der Waals surface area contributed by atoms with Crippen LogP contribution in [0.3, 0.4) is 0 Å². The Labute approximate surface area is 127 Å². The van der Waals surface area contributed by atoms with Gasteiger partial charge in [0, 0.05) is 18.0 Å². The van der Waals surface area contributed by atoms with E-state index in [1.807, 2.05) is 0 Å². The molecule has 0 heterocycles. The normalized spacial score (nSPS) is 26.6. The predicted octanol–water partition coefficient (Wildman–Crippen LogP) is 3.83. The average Bonchev–Trinajstić information content (AvgIpc) is 2.49. The van der Waals surface area contributed by atoms with Crippen LogP contribution in [0.4, 0.5) is 0 Å². The number of benzene rings is 1. The molecule has 2 N–H and O–H groups in total. The molecule has 0 unspecified atom stereocenters. The van der Waals surface area contributed by atoms with Crippen molar-refractivity contribution in [2.45, 2.75) is 56.1 Å². The van der Waals surface area contributed by atoms with Gasteiger partial charge >= 0.3 is 0 Å². The number of rotatable bonds is 6. The highest BCUT2D eigenvalue weighted by Gasteiger charge is 2.31. The summed E-state index contributed by atoms with van der Waals surface area (Å²) >= 11 is 1.77. The van der Waals surface area contributed by atoms with Crippen LogP contribution in [0, 0.1) is 5.92 Å². The molecule has 0 saturated heterocycles. The Balaban J connectivity index is 1.74. The van der Waals surface area contributed by atoms with Gasteiger partial charge in [-0.3, -0.25) is 0 Å². The number of thioether (sulfide) groups is 1. The molecule has 2 rings (SSSR count). The molecule has 3 heteroatoms. The SMILES string of the molecule is CCC1CCC(O)(CNCc2ccc(SC)cc2)CC1. The van der Waals surface area contributed by atoms with Gasteiger partial charge in [-0.2, -0.15) is 0 Å². The van der Waals surface area contributed by atoms with Crippen LogP contribution < -0.4 is 5.32 Å². The molecule has 0 atom stereocenters. The molecule has 0 aliphatic heterocycles. The Kier molecular flexibility index (Phi) is 5.94. The monoisotopic (exact) mass is 293 g/mol. The summed E-state index contributed by atoms with van der Waals surface area (Å²) in [5.74, 6) is 0.828. The van der Waals surface area contributed by atoms with E-state index in [9.17, 15) is 5.11 Å². The van der Waals surface area contributed by atoms with E-state index >= 15 is 0 Å². The third-order valence-corrected chi connectivity index (χ3v) is 5.30. The minimum absolute atomic E-state index is 0.481. The first-order valence-corrected chi connectivity index (χ1v) is 8.94. The van der Waals surface area contributed by atoms with Gasteiger partial charge in [0.05, 0.1) is 5.60 Å². The van der Waals surface area contributed by atoms with Crippen LogP contribution in [-0.2, 0) is 6.54 Å². The second kappa shape index (κ2) is 7.48. The largest absolute Gasteiger partial charge is 0.389 e. The smallest absolute Gasteiger partial charge is 0.0771 e. The van der Waals surface area contributed by atoms with Gasteiger partial charge in [0.2, 0.25) is 0 Å². The predicted molar refractivity (Wildman–Crippen MR) is 87.1 cm³/mol. The van der Waals surface area contributed by atoms with Gasteiger partial charge in [-0.25, -0.2) is 0 Å². The zero-order chi connectivity index (χ0) is 14.4. The van der Waals surface area contributed by atoms with Crippen molar-refractivity contribution in [3.63, 3.8) is 0 Å². The van der Waals surface area contributed by atoms with Crippen molar-refractivity contribution in [2.24, 2.45) is 5.92 Å². The van der Waals surface area contributed by atoms with Crippen molar-refractivity contribution >= 4 is 11.8 Å². The van der Waals surface area contributed by atoms with Crippen LogP contribution in [-0.4, -0.2) is 23.5 Å². The van der Waals surface area contributed by atoms with E-state index in [1.54, 1.807) is 11.8 Å². The summed E-state index contributed by atoms with van der Waals surface area (Å²) in [5, 5.41) is 14.0. The first kappa shape index (κ1) is 15.9. The number of nitrogens with one attached hydrogen (secondary N) is 1. The quantitative estimate of drug-likeness (QED) is 0.782. The fourth-order valence-corrected chi connectivity index (χ4v) is 3.39. The standard InChI is InChI=1S/C17H27NOS/c1-3-14-8-10-17(19,11-9-14)13-18-12-15-4-6-16(20-2)7-5-15/h4-7,14,18-19H,3,8-13H2,1-2H3. The summed E-state index contributed by atoms with van der Waals surface area (Å²) in [6, 6.07) is 8.64. The molecular formula is C17H27NOS. The molecule has 0 bridgehead atoms. The van der Waals surface area contributed by atoms with Gasteiger partial charge in [0.25, 0.3) is 0 Å². The maximum absolute atomic E-state index is 10.6. The zero-order valence-electron chi connectivity index (χ0n) is 12.7. The summed E-state index contributed by atoms with van der Waals surface area (Å²) in [6.07, 6.45) is 7.60. The first-order valence-electron chi connectivity index (χ1n) is 7.71.